The van der Waals surface area contributed by atoms with Crippen LogP contribution in [0.5, 0.6) is 0 Å². The summed E-state index contributed by atoms with van der Waals surface area (Å²) in [5, 5.41) is 29.8. The zero-order chi connectivity index (χ0) is 12.9. The van der Waals surface area contributed by atoms with Crippen LogP contribution in [0.1, 0.15) is 44.9 Å². The van der Waals surface area contributed by atoms with E-state index in [9.17, 15) is 20.1 Å². The maximum atomic E-state index is 11.3. The molecule has 3 rings (SSSR count). The Kier molecular flexibility index (Phi) is 2.66. The van der Waals surface area contributed by atoms with Gasteiger partial charge in [-0.1, -0.05) is 19.3 Å². The largest absolute Gasteiger partial charge is 0.512 e. The molecule has 3 N–H and O–H groups in total. The summed E-state index contributed by atoms with van der Waals surface area (Å²) in [7, 11) is 0. The molecule has 0 amide bonds. The second-order valence-electron chi connectivity index (χ2n) is 6.29. The van der Waals surface area contributed by atoms with Crippen molar-refractivity contribution < 1.29 is 20.1 Å². The van der Waals surface area contributed by atoms with Crippen molar-refractivity contribution in [3.8, 4) is 0 Å². The summed E-state index contributed by atoms with van der Waals surface area (Å²) in [6.45, 7) is 0. The monoisotopic (exact) mass is 252 g/mol. The van der Waals surface area contributed by atoms with Crippen LogP contribution in [0.4, 0.5) is 0 Å². The topological polar surface area (TPSA) is 77.8 Å². The molecule has 0 aliphatic heterocycles. The van der Waals surface area contributed by atoms with Crippen molar-refractivity contribution >= 4 is 5.97 Å². The van der Waals surface area contributed by atoms with Crippen molar-refractivity contribution in [1.82, 2.24) is 0 Å². The molecule has 0 aromatic carbocycles. The fourth-order valence-corrected chi connectivity index (χ4v) is 4.52. The van der Waals surface area contributed by atoms with E-state index in [-0.39, 0.29) is 23.7 Å². The smallest absolute Gasteiger partial charge is 0.335 e. The van der Waals surface area contributed by atoms with Crippen LogP contribution in [-0.4, -0.2) is 26.9 Å². The van der Waals surface area contributed by atoms with Crippen LogP contribution in [-0.2, 0) is 4.79 Å². The number of fused-ring (bicyclic) bond motifs is 4. The fourth-order valence-electron chi connectivity index (χ4n) is 4.52. The number of hydrogen-bond acceptors (Lipinski definition) is 3. The summed E-state index contributed by atoms with van der Waals surface area (Å²) in [6.07, 6.45) is 5.82. The molecule has 4 atom stereocenters. The Morgan fingerprint density at radius 1 is 1.22 bits per heavy atom. The average molecular weight is 252 g/mol. The van der Waals surface area contributed by atoms with Crippen molar-refractivity contribution in [2.75, 3.05) is 0 Å². The van der Waals surface area contributed by atoms with Crippen molar-refractivity contribution in [2.45, 2.75) is 50.5 Å². The minimum absolute atomic E-state index is 0.0923. The van der Waals surface area contributed by atoms with Gasteiger partial charge in [-0.2, -0.15) is 0 Å². The Hall–Kier alpha value is -1.03. The van der Waals surface area contributed by atoms with Crippen LogP contribution < -0.4 is 0 Å². The molecule has 0 saturated heterocycles. The molecular weight excluding hydrogens is 232 g/mol. The summed E-state index contributed by atoms with van der Waals surface area (Å²) < 4.78 is 0. The normalized spacial score (nSPS) is 43.5. The molecule has 100 valence electrons. The summed E-state index contributed by atoms with van der Waals surface area (Å²) in [6, 6.07) is 0. The fraction of sp³-hybridized carbons (Fsp3) is 0.786. The Bertz CT molecular complexity index is 414. The first kappa shape index (κ1) is 12.0. The van der Waals surface area contributed by atoms with E-state index < -0.39 is 11.6 Å². The van der Waals surface area contributed by atoms with Crippen LogP contribution in [0.25, 0.3) is 0 Å². The second-order valence-corrected chi connectivity index (χ2v) is 6.29. The first-order valence-corrected chi connectivity index (χ1v) is 6.88. The van der Waals surface area contributed by atoms with E-state index in [2.05, 4.69) is 0 Å². The van der Waals surface area contributed by atoms with Gasteiger partial charge >= 0.3 is 5.97 Å². The minimum atomic E-state index is -1.01. The van der Waals surface area contributed by atoms with Gasteiger partial charge in [0.2, 0.25) is 0 Å². The third-order valence-corrected chi connectivity index (χ3v) is 5.14. The first-order chi connectivity index (χ1) is 8.50. The number of carbonyl (C=O) groups is 1. The SMILES string of the molecule is O=C(O)C1=C(O)CC2(O)CC3CCCCC3C1C2. The predicted octanol–water partition coefficient (Wildman–Crippen LogP) is 2.23. The Morgan fingerprint density at radius 2 is 1.94 bits per heavy atom. The van der Waals surface area contributed by atoms with Gasteiger partial charge in [0, 0.05) is 12.3 Å². The Morgan fingerprint density at radius 3 is 2.67 bits per heavy atom. The summed E-state index contributed by atoms with van der Waals surface area (Å²) in [5.74, 6) is -0.478. The molecule has 4 unspecified atom stereocenters. The van der Waals surface area contributed by atoms with Crippen molar-refractivity contribution in [3.05, 3.63) is 11.3 Å². The molecule has 18 heavy (non-hydrogen) atoms. The number of aliphatic hydroxyl groups is 2. The second kappa shape index (κ2) is 3.98. The Balaban J connectivity index is 2.01. The number of hydrogen-bond donors (Lipinski definition) is 3. The van der Waals surface area contributed by atoms with E-state index in [0.717, 1.165) is 25.7 Å². The molecule has 4 nitrogen and oxygen atoms in total. The molecule has 0 radical (unpaired) electrons. The number of aliphatic carboxylic acids is 1. The van der Waals surface area contributed by atoms with Gasteiger partial charge in [-0.05, 0) is 31.1 Å². The summed E-state index contributed by atoms with van der Waals surface area (Å²) in [5.41, 5.74) is -0.692. The van der Waals surface area contributed by atoms with Crippen molar-refractivity contribution in [1.29, 1.82) is 0 Å². The van der Waals surface area contributed by atoms with Crippen LogP contribution >= 0.6 is 0 Å². The maximum absolute atomic E-state index is 11.3. The first-order valence-electron chi connectivity index (χ1n) is 6.88. The van der Waals surface area contributed by atoms with E-state index in [4.69, 9.17) is 0 Å². The molecule has 2 fully saturated rings. The lowest BCUT2D eigenvalue weighted by Gasteiger charge is -2.51. The van der Waals surface area contributed by atoms with Gasteiger partial charge in [-0.25, -0.2) is 4.79 Å². The van der Waals surface area contributed by atoms with E-state index in [1.807, 2.05) is 0 Å². The molecular formula is C14H20O4. The highest BCUT2D eigenvalue weighted by Crippen LogP contribution is 2.54. The molecule has 0 aromatic heterocycles. The molecule has 0 heterocycles. The van der Waals surface area contributed by atoms with E-state index in [1.165, 1.54) is 6.42 Å². The summed E-state index contributed by atoms with van der Waals surface area (Å²) in [4.78, 5) is 11.3. The lowest BCUT2D eigenvalue weighted by Crippen LogP contribution is -2.50. The number of carboxylic acid groups (broad SMARTS) is 1. The maximum Gasteiger partial charge on any atom is 0.335 e. The molecule has 4 heteroatoms. The van der Waals surface area contributed by atoms with E-state index >= 15 is 0 Å². The number of carboxylic acids is 1. The zero-order valence-electron chi connectivity index (χ0n) is 10.4. The molecule has 2 bridgehead atoms. The summed E-state index contributed by atoms with van der Waals surface area (Å²) >= 11 is 0. The molecule has 0 spiro atoms. The number of aliphatic hydroxyl groups excluding tert-OH is 1. The Labute approximate surface area is 106 Å². The van der Waals surface area contributed by atoms with Gasteiger partial charge in [0.15, 0.2) is 0 Å². The van der Waals surface area contributed by atoms with Gasteiger partial charge in [0.25, 0.3) is 0 Å². The lowest BCUT2D eigenvalue weighted by molar-refractivity contribution is -0.137. The van der Waals surface area contributed by atoms with E-state index in [1.54, 1.807) is 0 Å². The van der Waals surface area contributed by atoms with Crippen LogP contribution in [0.15, 0.2) is 11.3 Å². The van der Waals surface area contributed by atoms with Crippen LogP contribution in [0.3, 0.4) is 0 Å². The van der Waals surface area contributed by atoms with Gasteiger partial charge in [-0.3, -0.25) is 0 Å². The lowest BCUT2D eigenvalue weighted by atomic mass is 9.56. The van der Waals surface area contributed by atoms with E-state index in [0.29, 0.717) is 18.3 Å². The van der Waals surface area contributed by atoms with Gasteiger partial charge < -0.3 is 15.3 Å². The quantitative estimate of drug-likeness (QED) is 0.668. The standard InChI is InChI=1S/C14H20O4/c15-11-7-14(18)5-8-3-1-2-4-9(8)10(6-14)12(11)13(16)17/h8-10,15,18H,1-7H2,(H,16,17). The molecule has 2 saturated carbocycles. The van der Waals surface area contributed by atoms with Gasteiger partial charge in [0.05, 0.1) is 11.2 Å². The molecule has 0 aromatic rings. The molecule has 3 aliphatic rings. The molecule has 3 aliphatic carbocycles. The predicted molar refractivity (Wildman–Crippen MR) is 65.0 cm³/mol. The third-order valence-electron chi connectivity index (χ3n) is 5.14. The number of rotatable bonds is 1. The van der Waals surface area contributed by atoms with Gasteiger partial charge in [0.1, 0.15) is 5.76 Å². The van der Waals surface area contributed by atoms with Crippen LogP contribution in [0.2, 0.25) is 0 Å². The highest BCUT2D eigenvalue weighted by molar-refractivity contribution is 5.88. The van der Waals surface area contributed by atoms with Crippen molar-refractivity contribution in [2.24, 2.45) is 17.8 Å². The third kappa shape index (κ3) is 1.74. The minimum Gasteiger partial charge on any atom is -0.512 e. The van der Waals surface area contributed by atoms with Crippen molar-refractivity contribution in [3.63, 3.8) is 0 Å². The van der Waals surface area contributed by atoms with Crippen LogP contribution in [0, 0.1) is 17.8 Å². The zero-order valence-corrected chi connectivity index (χ0v) is 10.4. The highest BCUT2D eigenvalue weighted by atomic mass is 16.4. The average Bonchev–Trinajstić information content (AvgIpc) is 2.26. The van der Waals surface area contributed by atoms with Gasteiger partial charge in [-0.15, -0.1) is 0 Å². The highest BCUT2D eigenvalue weighted by Gasteiger charge is 2.52.